The molecule has 0 saturated carbocycles. The van der Waals surface area contributed by atoms with Crippen molar-refractivity contribution in [2.24, 2.45) is 0 Å². The Morgan fingerprint density at radius 1 is 1.07 bits per heavy atom. The Morgan fingerprint density at radius 3 is 2.31 bits per heavy atom. The molecule has 1 spiro atoms. The highest BCUT2D eigenvalue weighted by atomic mass is 35.5. The molecule has 2 fully saturated rings. The molecule has 1 atom stereocenters. The molecule has 2 aliphatic rings. The Morgan fingerprint density at radius 2 is 1.69 bits per heavy atom. The number of benzene rings is 2. The van der Waals surface area contributed by atoms with Crippen LogP contribution in [0.4, 0.5) is 14.9 Å². The van der Waals surface area contributed by atoms with Gasteiger partial charge in [0.05, 0.1) is 5.69 Å². The quantitative estimate of drug-likeness (QED) is 0.812. The Balaban J connectivity index is 0.00000240. The second kappa shape index (κ2) is 8.30. The lowest BCUT2D eigenvalue weighted by atomic mass is 9.81. The number of carbonyl (C=O) groups excluding carboxylic acids is 1. The Bertz CT molecular complexity index is 837. The van der Waals surface area contributed by atoms with Crippen molar-refractivity contribution in [3.05, 3.63) is 66.0 Å². The van der Waals surface area contributed by atoms with Crippen molar-refractivity contribution >= 4 is 24.2 Å². The summed E-state index contributed by atoms with van der Waals surface area (Å²) in [7, 11) is 0. The lowest BCUT2D eigenvalue weighted by Gasteiger charge is -2.44. The van der Waals surface area contributed by atoms with Crippen LogP contribution in [0.2, 0.25) is 0 Å². The van der Waals surface area contributed by atoms with Crippen molar-refractivity contribution in [2.45, 2.75) is 37.5 Å². The van der Waals surface area contributed by atoms with Crippen LogP contribution in [0, 0.1) is 5.82 Å². The SMILES string of the molecule is CC1(O)N(c2ccccc2)C(=O)OC12CCN(CCc1ccc(F)cc1)CC2.Cl. The van der Waals surface area contributed by atoms with Gasteiger partial charge in [-0.1, -0.05) is 30.3 Å². The number of ether oxygens (including phenoxy) is 1. The third kappa shape index (κ3) is 3.97. The van der Waals surface area contributed by atoms with Gasteiger partial charge in [-0.3, -0.25) is 0 Å². The zero-order chi connectivity index (χ0) is 19.8. The molecule has 0 aliphatic carbocycles. The van der Waals surface area contributed by atoms with Crippen molar-refractivity contribution in [3.8, 4) is 0 Å². The number of aliphatic hydroxyl groups is 1. The minimum atomic E-state index is -1.41. The van der Waals surface area contributed by atoms with Crippen LogP contribution < -0.4 is 4.90 Å². The van der Waals surface area contributed by atoms with Crippen LogP contribution in [-0.4, -0.2) is 47.1 Å². The molecule has 0 aromatic heterocycles. The van der Waals surface area contributed by atoms with Crippen molar-refractivity contribution in [1.29, 1.82) is 0 Å². The summed E-state index contributed by atoms with van der Waals surface area (Å²) in [4.78, 5) is 16.2. The molecule has 1 unspecified atom stereocenters. The van der Waals surface area contributed by atoms with Crippen LogP contribution in [0.1, 0.15) is 25.3 Å². The van der Waals surface area contributed by atoms with E-state index in [1.165, 1.54) is 17.0 Å². The van der Waals surface area contributed by atoms with E-state index in [0.717, 1.165) is 31.6 Å². The van der Waals surface area contributed by atoms with Crippen LogP contribution >= 0.6 is 12.4 Å². The Labute approximate surface area is 176 Å². The van der Waals surface area contributed by atoms with E-state index in [-0.39, 0.29) is 18.2 Å². The molecule has 4 rings (SSSR count). The number of carbonyl (C=O) groups is 1. The van der Waals surface area contributed by atoms with E-state index in [1.807, 2.05) is 30.3 Å². The maximum absolute atomic E-state index is 13.0. The van der Waals surface area contributed by atoms with E-state index < -0.39 is 17.4 Å². The van der Waals surface area contributed by atoms with E-state index in [1.54, 1.807) is 19.1 Å². The molecule has 29 heavy (non-hydrogen) atoms. The molecule has 2 aromatic carbocycles. The third-order valence-electron chi connectivity index (χ3n) is 6.07. The number of rotatable bonds is 4. The van der Waals surface area contributed by atoms with Crippen molar-refractivity contribution < 1.29 is 19.0 Å². The first-order chi connectivity index (χ1) is 13.4. The highest BCUT2D eigenvalue weighted by molar-refractivity contribution is 5.92. The number of halogens is 2. The number of para-hydroxylation sites is 1. The first-order valence-corrected chi connectivity index (χ1v) is 9.69. The fraction of sp³-hybridized carbons (Fsp3) is 0.409. The molecule has 0 radical (unpaired) electrons. The predicted molar refractivity (Wildman–Crippen MR) is 112 cm³/mol. The van der Waals surface area contributed by atoms with E-state index in [4.69, 9.17) is 4.74 Å². The molecular weight excluding hydrogens is 395 g/mol. The summed E-state index contributed by atoms with van der Waals surface area (Å²) < 4.78 is 18.8. The van der Waals surface area contributed by atoms with Gasteiger partial charge in [0.25, 0.3) is 0 Å². The van der Waals surface area contributed by atoms with Crippen molar-refractivity contribution in [2.75, 3.05) is 24.5 Å². The lowest BCUT2D eigenvalue weighted by molar-refractivity contribution is -0.124. The fourth-order valence-corrected chi connectivity index (χ4v) is 4.28. The number of anilines is 1. The summed E-state index contributed by atoms with van der Waals surface area (Å²) in [6.45, 7) is 3.97. The summed E-state index contributed by atoms with van der Waals surface area (Å²) in [5.74, 6) is -0.225. The van der Waals surface area contributed by atoms with Crippen molar-refractivity contribution in [1.82, 2.24) is 4.90 Å². The second-order valence-corrected chi connectivity index (χ2v) is 7.77. The number of hydrogen-bond acceptors (Lipinski definition) is 4. The molecule has 2 saturated heterocycles. The summed E-state index contributed by atoms with van der Waals surface area (Å²) in [5, 5.41) is 11.3. The van der Waals surface area contributed by atoms with Gasteiger partial charge >= 0.3 is 6.09 Å². The molecule has 1 N–H and O–H groups in total. The molecule has 0 bridgehead atoms. The molecule has 7 heteroatoms. The maximum Gasteiger partial charge on any atom is 0.417 e. The molecule has 2 aromatic rings. The molecule has 5 nitrogen and oxygen atoms in total. The van der Waals surface area contributed by atoms with Crippen LogP contribution in [0.5, 0.6) is 0 Å². The average Bonchev–Trinajstić information content (AvgIpc) is 2.88. The van der Waals surface area contributed by atoms with E-state index in [2.05, 4.69) is 4.90 Å². The molecule has 2 aliphatic heterocycles. The van der Waals surface area contributed by atoms with Gasteiger partial charge in [0.2, 0.25) is 0 Å². The largest absolute Gasteiger partial charge is 0.437 e. The summed E-state index contributed by atoms with van der Waals surface area (Å²) in [5.41, 5.74) is -0.592. The van der Waals surface area contributed by atoms with Gasteiger partial charge in [-0.25, -0.2) is 14.1 Å². The van der Waals surface area contributed by atoms with Crippen molar-refractivity contribution in [3.63, 3.8) is 0 Å². The normalized spacial score (nSPS) is 23.7. The number of piperidine rings is 1. The van der Waals surface area contributed by atoms with Crippen LogP contribution in [0.3, 0.4) is 0 Å². The minimum Gasteiger partial charge on any atom is -0.437 e. The highest BCUT2D eigenvalue weighted by Gasteiger charge is 2.63. The average molecular weight is 421 g/mol. The van der Waals surface area contributed by atoms with Crippen LogP contribution in [0.25, 0.3) is 0 Å². The van der Waals surface area contributed by atoms with Gasteiger partial charge in [0.1, 0.15) is 5.82 Å². The minimum absolute atomic E-state index is 0. The van der Waals surface area contributed by atoms with Gasteiger partial charge in [0.15, 0.2) is 11.3 Å². The summed E-state index contributed by atoms with van der Waals surface area (Å²) in [6.07, 6.45) is 1.47. The third-order valence-corrected chi connectivity index (χ3v) is 6.07. The summed E-state index contributed by atoms with van der Waals surface area (Å²) in [6, 6.07) is 15.7. The highest BCUT2D eigenvalue weighted by Crippen LogP contribution is 2.46. The predicted octanol–water partition coefficient (Wildman–Crippen LogP) is 3.99. The Kier molecular flexibility index (Phi) is 6.17. The zero-order valence-corrected chi connectivity index (χ0v) is 17.2. The number of likely N-dealkylation sites (tertiary alicyclic amines) is 1. The van der Waals surface area contributed by atoms with E-state index in [9.17, 15) is 14.3 Å². The standard InChI is InChI=1S/C22H25FN2O3.ClH/c1-21(27)22(28-20(26)25(21)19-5-3-2-4-6-19)12-15-24(16-13-22)14-11-17-7-9-18(23)10-8-17;/h2-10,27H,11-16H2,1H3;1H. The molecule has 2 heterocycles. The smallest absolute Gasteiger partial charge is 0.417 e. The number of hydrogen-bond donors (Lipinski definition) is 1. The fourth-order valence-electron chi connectivity index (χ4n) is 4.28. The van der Waals surface area contributed by atoms with E-state index >= 15 is 0 Å². The van der Waals surface area contributed by atoms with Crippen LogP contribution in [-0.2, 0) is 11.2 Å². The second-order valence-electron chi connectivity index (χ2n) is 7.77. The molecule has 1 amide bonds. The summed E-state index contributed by atoms with van der Waals surface area (Å²) >= 11 is 0. The first kappa shape index (κ1) is 21.6. The monoisotopic (exact) mass is 420 g/mol. The first-order valence-electron chi connectivity index (χ1n) is 9.69. The molecular formula is C22H26ClFN2O3. The van der Waals surface area contributed by atoms with Gasteiger partial charge in [-0.05, 0) is 43.2 Å². The van der Waals surface area contributed by atoms with Gasteiger partial charge < -0.3 is 14.7 Å². The van der Waals surface area contributed by atoms with E-state index in [0.29, 0.717) is 18.5 Å². The number of amides is 1. The zero-order valence-electron chi connectivity index (χ0n) is 16.4. The number of nitrogens with zero attached hydrogens (tertiary/aromatic N) is 2. The lowest BCUT2D eigenvalue weighted by Crippen LogP contribution is -2.60. The topological polar surface area (TPSA) is 53.0 Å². The van der Waals surface area contributed by atoms with Gasteiger partial charge in [0, 0.05) is 32.5 Å². The molecule has 156 valence electrons. The van der Waals surface area contributed by atoms with Gasteiger partial charge in [-0.2, -0.15) is 0 Å². The maximum atomic E-state index is 13.0. The Hall–Kier alpha value is -2.15. The van der Waals surface area contributed by atoms with Crippen LogP contribution in [0.15, 0.2) is 54.6 Å². The van der Waals surface area contributed by atoms with Gasteiger partial charge in [-0.15, -0.1) is 12.4 Å².